The Morgan fingerprint density at radius 2 is 1.62 bits per heavy atom. The van der Waals surface area contributed by atoms with Crippen LogP contribution in [0, 0.1) is 28.6 Å². The summed E-state index contributed by atoms with van der Waals surface area (Å²) < 4.78 is 0. The molecule has 0 N–H and O–H groups in total. The summed E-state index contributed by atoms with van der Waals surface area (Å²) in [7, 11) is 0. The molecule has 90 valence electrons. The van der Waals surface area contributed by atoms with Gasteiger partial charge in [-0.1, -0.05) is 32.6 Å². The first-order chi connectivity index (χ1) is 7.09. The van der Waals surface area contributed by atoms with E-state index in [0.717, 1.165) is 13.1 Å². The first-order valence-electron chi connectivity index (χ1n) is 5.92. The summed E-state index contributed by atoms with van der Waals surface area (Å²) in [5.74, 6) is 7.10. The summed E-state index contributed by atoms with van der Waals surface area (Å²) in [6.07, 6.45) is 0. The van der Waals surface area contributed by atoms with Gasteiger partial charge in [-0.3, -0.25) is 4.79 Å². The van der Waals surface area contributed by atoms with Crippen LogP contribution >= 0.6 is 0 Å². The molecular formula is C14H23NO. The van der Waals surface area contributed by atoms with E-state index in [0.29, 0.717) is 5.92 Å². The van der Waals surface area contributed by atoms with Crippen LogP contribution in [0.1, 0.15) is 41.5 Å². The zero-order valence-electron chi connectivity index (χ0n) is 11.3. The Hall–Kier alpha value is -0.970. The quantitative estimate of drug-likeness (QED) is 0.576. The molecule has 0 radical (unpaired) electrons. The average Bonchev–Trinajstić information content (AvgIpc) is 1.96. The monoisotopic (exact) mass is 221 g/mol. The maximum atomic E-state index is 11.9. The van der Waals surface area contributed by atoms with Crippen molar-refractivity contribution in [1.29, 1.82) is 0 Å². The molecule has 1 saturated heterocycles. The van der Waals surface area contributed by atoms with Gasteiger partial charge in [0.1, 0.15) is 0 Å². The van der Waals surface area contributed by atoms with E-state index in [4.69, 9.17) is 0 Å². The molecule has 1 aliphatic heterocycles. The lowest BCUT2D eigenvalue weighted by Crippen LogP contribution is -2.53. The van der Waals surface area contributed by atoms with Crippen LogP contribution in [0.5, 0.6) is 0 Å². The van der Waals surface area contributed by atoms with Gasteiger partial charge in [0, 0.05) is 23.9 Å². The Bertz CT molecular complexity index is 326. The van der Waals surface area contributed by atoms with Gasteiger partial charge in [-0.05, 0) is 20.8 Å². The first kappa shape index (κ1) is 13.1. The normalized spacial score (nSPS) is 17.5. The minimum Gasteiger partial charge on any atom is -0.340 e. The van der Waals surface area contributed by atoms with Crippen molar-refractivity contribution in [2.75, 3.05) is 13.1 Å². The number of likely N-dealkylation sites (tertiary alicyclic amines) is 1. The fraction of sp³-hybridized carbons (Fsp3) is 0.786. The van der Waals surface area contributed by atoms with E-state index in [1.54, 1.807) is 0 Å². The standard InChI is InChI=1S/C14H23NO/c1-13(2,3)8-7-11-9-15(10-11)12(16)14(4,5)6/h11H,9-10H2,1-6H3. The molecular weight excluding hydrogens is 198 g/mol. The number of amides is 1. The lowest BCUT2D eigenvalue weighted by molar-refractivity contribution is -0.144. The molecule has 2 nitrogen and oxygen atoms in total. The van der Waals surface area contributed by atoms with E-state index >= 15 is 0 Å². The van der Waals surface area contributed by atoms with Crippen LogP contribution in [0.2, 0.25) is 0 Å². The molecule has 0 saturated carbocycles. The smallest absolute Gasteiger partial charge is 0.228 e. The molecule has 1 rings (SSSR count). The Morgan fingerprint density at radius 1 is 1.12 bits per heavy atom. The highest BCUT2D eigenvalue weighted by atomic mass is 16.2. The third-order valence-electron chi connectivity index (χ3n) is 2.46. The molecule has 0 aromatic carbocycles. The third kappa shape index (κ3) is 3.56. The summed E-state index contributed by atoms with van der Waals surface area (Å²) in [5.41, 5.74) is -0.198. The molecule has 0 aromatic heterocycles. The highest BCUT2D eigenvalue weighted by Gasteiger charge is 2.35. The van der Waals surface area contributed by atoms with Gasteiger partial charge >= 0.3 is 0 Å². The SMILES string of the molecule is CC(C)(C)C#CC1CN(C(=O)C(C)(C)C)C1. The topological polar surface area (TPSA) is 20.3 Å². The van der Waals surface area contributed by atoms with Crippen LogP contribution in [0.3, 0.4) is 0 Å². The molecule has 0 aromatic rings. The molecule has 16 heavy (non-hydrogen) atoms. The van der Waals surface area contributed by atoms with Gasteiger partial charge in [-0.25, -0.2) is 0 Å². The Labute approximate surface area is 99.4 Å². The van der Waals surface area contributed by atoms with E-state index in [-0.39, 0.29) is 16.7 Å². The second-order valence-corrected chi connectivity index (χ2v) is 6.68. The number of carbonyl (C=O) groups is 1. The maximum Gasteiger partial charge on any atom is 0.228 e. The number of carbonyl (C=O) groups excluding carboxylic acids is 1. The minimum atomic E-state index is -0.261. The zero-order chi connectivity index (χ0) is 12.6. The third-order valence-corrected chi connectivity index (χ3v) is 2.46. The molecule has 0 unspecified atom stereocenters. The van der Waals surface area contributed by atoms with Gasteiger partial charge in [0.25, 0.3) is 0 Å². The van der Waals surface area contributed by atoms with Crippen molar-refractivity contribution in [2.45, 2.75) is 41.5 Å². The predicted molar refractivity (Wildman–Crippen MR) is 66.8 cm³/mol. The first-order valence-corrected chi connectivity index (χ1v) is 5.92. The summed E-state index contributed by atoms with van der Waals surface area (Å²) in [5, 5.41) is 0. The Kier molecular flexibility index (Phi) is 3.38. The van der Waals surface area contributed by atoms with E-state index in [1.807, 2.05) is 25.7 Å². The molecule has 1 aliphatic rings. The number of nitrogens with zero attached hydrogens (tertiary/aromatic N) is 1. The van der Waals surface area contributed by atoms with Crippen molar-refractivity contribution < 1.29 is 4.79 Å². The predicted octanol–water partition coefficient (Wildman–Crippen LogP) is 2.54. The highest BCUT2D eigenvalue weighted by Crippen LogP contribution is 2.24. The minimum absolute atomic E-state index is 0.0639. The molecule has 1 fully saturated rings. The van der Waals surface area contributed by atoms with Crippen LogP contribution in [-0.4, -0.2) is 23.9 Å². The van der Waals surface area contributed by atoms with Gasteiger partial charge in [-0.2, -0.15) is 0 Å². The van der Waals surface area contributed by atoms with Crippen molar-refractivity contribution in [3.63, 3.8) is 0 Å². The van der Waals surface area contributed by atoms with Crippen molar-refractivity contribution >= 4 is 5.91 Å². The highest BCUT2D eigenvalue weighted by molar-refractivity contribution is 5.82. The van der Waals surface area contributed by atoms with E-state index in [9.17, 15) is 4.79 Å². The number of rotatable bonds is 0. The Morgan fingerprint density at radius 3 is 2.00 bits per heavy atom. The average molecular weight is 221 g/mol. The van der Waals surface area contributed by atoms with E-state index in [2.05, 4.69) is 32.6 Å². The van der Waals surface area contributed by atoms with Crippen LogP contribution < -0.4 is 0 Å². The Balaban J connectivity index is 2.44. The molecule has 2 heteroatoms. The molecule has 1 heterocycles. The van der Waals surface area contributed by atoms with Crippen LogP contribution in [0.25, 0.3) is 0 Å². The number of hydrogen-bond donors (Lipinski definition) is 0. The molecule has 0 spiro atoms. The van der Waals surface area contributed by atoms with Crippen LogP contribution in [0.15, 0.2) is 0 Å². The summed E-state index contributed by atoms with van der Waals surface area (Å²) in [6.45, 7) is 13.8. The van der Waals surface area contributed by atoms with E-state index in [1.165, 1.54) is 0 Å². The molecule has 1 amide bonds. The van der Waals surface area contributed by atoms with Crippen LogP contribution in [0.4, 0.5) is 0 Å². The van der Waals surface area contributed by atoms with Gasteiger partial charge in [0.05, 0.1) is 5.92 Å². The second kappa shape index (κ2) is 4.13. The van der Waals surface area contributed by atoms with Gasteiger partial charge < -0.3 is 4.90 Å². The number of hydrogen-bond acceptors (Lipinski definition) is 1. The van der Waals surface area contributed by atoms with Crippen molar-refractivity contribution in [2.24, 2.45) is 16.7 Å². The largest absolute Gasteiger partial charge is 0.340 e. The summed E-state index contributed by atoms with van der Waals surface area (Å²) in [6, 6.07) is 0. The van der Waals surface area contributed by atoms with Gasteiger partial charge in [0.2, 0.25) is 5.91 Å². The molecule has 0 aliphatic carbocycles. The summed E-state index contributed by atoms with van der Waals surface area (Å²) >= 11 is 0. The van der Waals surface area contributed by atoms with Crippen LogP contribution in [-0.2, 0) is 4.79 Å². The van der Waals surface area contributed by atoms with Crippen molar-refractivity contribution in [3.8, 4) is 11.8 Å². The van der Waals surface area contributed by atoms with Gasteiger partial charge in [0.15, 0.2) is 0 Å². The fourth-order valence-corrected chi connectivity index (χ4v) is 1.53. The molecule has 0 bridgehead atoms. The second-order valence-electron chi connectivity index (χ2n) is 6.68. The fourth-order valence-electron chi connectivity index (χ4n) is 1.53. The molecule has 0 atom stereocenters. The maximum absolute atomic E-state index is 11.9. The van der Waals surface area contributed by atoms with Crippen molar-refractivity contribution in [1.82, 2.24) is 4.90 Å². The van der Waals surface area contributed by atoms with Gasteiger partial charge in [-0.15, -0.1) is 0 Å². The zero-order valence-corrected chi connectivity index (χ0v) is 11.3. The lowest BCUT2D eigenvalue weighted by Gasteiger charge is -2.40. The van der Waals surface area contributed by atoms with Crippen molar-refractivity contribution in [3.05, 3.63) is 0 Å². The van der Waals surface area contributed by atoms with E-state index < -0.39 is 0 Å². The lowest BCUT2D eigenvalue weighted by atomic mass is 9.89. The summed E-state index contributed by atoms with van der Waals surface area (Å²) in [4.78, 5) is 13.8.